The zero-order valence-corrected chi connectivity index (χ0v) is 23.6. The summed E-state index contributed by atoms with van der Waals surface area (Å²) in [7, 11) is 0. The Balaban J connectivity index is 1.46. The summed E-state index contributed by atoms with van der Waals surface area (Å²) in [6, 6.07) is 15.9. The Hall–Kier alpha value is -3.62. The van der Waals surface area contributed by atoms with Crippen molar-refractivity contribution in [1.29, 1.82) is 0 Å². The fraction of sp³-hybridized carbons (Fsp3) is 0.387. The van der Waals surface area contributed by atoms with E-state index in [1.807, 2.05) is 75.4 Å². The molecule has 40 heavy (non-hydrogen) atoms. The predicted octanol–water partition coefficient (Wildman–Crippen LogP) is 5.16. The molecule has 1 saturated heterocycles. The van der Waals surface area contributed by atoms with Gasteiger partial charge in [-0.3, -0.25) is 14.4 Å². The number of benzene rings is 2. The van der Waals surface area contributed by atoms with Gasteiger partial charge in [0.25, 0.3) is 11.8 Å². The molecule has 4 atom stereocenters. The Kier molecular flexibility index (Phi) is 8.01. The number of ether oxygens (including phenoxy) is 1. The summed E-state index contributed by atoms with van der Waals surface area (Å²) >= 11 is 6.35. The molecule has 0 radical (unpaired) electrons. The molecule has 0 spiro atoms. The molecular formula is C31H34ClN3O5. The van der Waals surface area contributed by atoms with E-state index in [0.29, 0.717) is 35.7 Å². The SMILES string of the molecule is CC(C)(C)OC(=O)N1CC[C@@H](N2C(=O)c3ccccc3C(C(=O)NOCc3ccccc3)C2C2C=CC(Cl)=C2)C1. The smallest absolute Gasteiger partial charge is 0.410 e. The van der Waals surface area contributed by atoms with Crippen molar-refractivity contribution in [3.05, 3.63) is 94.5 Å². The molecule has 210 valence electrons. The number of hydrogen-bond acceptors (Lipinski definition) is 5. The van der Waals surface area contributed by atoms with E-state index in [9.17, 15) is 14.4 Å². The summed E-state index contributed by atoms with van der Waals surface area (Å²) in [6.45, 7) is 6.44. The Morgan fingerprint density at radius 1 is 1.07 bits per heavy atom. The summed E-state index contributed by atoms with van der Waals surface area (Å²) in [5.41, 5.74) is 4.04. The summed E-state index contributed by atoms with van der Waals surface area (Å²) in [4.78, 5) is 49.8. The first-order chi connectivity index (χ1) is 19.1. The maximum Gasteiger partial charge on any atom is 0.410 e. The topological polar surface area (TPSA) is 88.2 Å². The van der Waals surface area contributed by atoms with Crippen molar-refractivity contribution in [3.63, 3.8) is 0 Å². The van der Waals surface area contributed by atoms with Crippen LogP contribution in [-0.4, -0.2) is 58.5 Å². The Labute approximate surface area is 239 Å². The van der Waals surface area contributed by atoms with Crippen molar-refractivity contribution in [2.75, 3.05) is 13.1 Å². The van der Waals surface area contributed by atoms with E-state index < -0.39 is 23.7 Å². The highest BCUT2D eigenvalue weighted by molar-refractivity contribution is 6.31. The van der Waals surface area contributed by atoms with Crippen LogP contribution < -0.4 is 5.48 Å². The van der Waals surface area contributed by atoms with Gasteiger partial charge in [-0.15, -0.1) is 0 Å². The lowest BCUT2D eigenvalue weighted by molar-refractivity contribution is -0.138. The molecule has 0 saturated carbocycles. The number of allylic oxidation sites excluding steroid dienone is 2. The summed E-state index contributed by atoms with van der Waals surface area (Å²) in [5.74, 6) is -1.55. The summed E-state index contributed by atoms with van der Waals surface area (Å²) in [5, 5.41) is 0.553. The van der Waals surface area contributed by atoms with Gasteiger partial charge in [0.15, 0.2) is 0 Å². The lowest BCUT2D eigenvalue weighted by Crippen LogP contribution is -2.58. The number of nitrogens with zero attached hydrogens (tertiary/aromatic N) is 2. The number of carbonyl (C=O) groups excluding carboxylic acids is 3. The highest BCUT2D eigenvalue weighted by Gasteiger charge is 2.50. The Morgan fingerprint density at radius 2 is 1.80 bits per heavy atom. The van der Waals surface area contributed by atoms with E-state index >= 15 is 0 Å². The van der Waals surface area contributed by atoms with Gasteiger partial charge in [0.1, 0.15) is 5.60 Å². The van der Waals surface area contributed by atoms with Crippen molar-refractivity contribution in [2.45, 2.75) is 57.4 Å². The van der Waals surface area contributed by atoms with Gasteiger partial charge in [-0.25, -0.2) is 10.3 Å². The van der Waals surface area contributed by atoms with Crippen LogP contribution in [0.15, 0.2) is 77.9 Å². The van der Waals surface area contributed by atoms with E-state index in [-0.39, 0.29) is 30.4 Å². The third-order valence-corrected chi connectivity index (χ3v) is 7.64. The first-order valence-electron chi connectivity index (χ1n) is 13.5. The monoisotopic (exact) mass is 563 g/mol. The minimum atomic E-state index is -0.728. The van der Waals surface area contributed by atoms with E-state index in [2.05, 4.69) is 5.48 Å². The third kappa shape index (κ3) is 5.93. The molecule has 2 aromatic carbocycles. The summed E-state index contributed by atoms with van der Waals surface area (Å²) < 4.78 is 5.59. The lowest BCUT2D eigenvalue weighted by Gasteiger charge is -2.46. The first-order valence-corrected chi connectivity index (χ1v) is 13.9. The molecule has 2 heterocycles. The average Bonchev–Trinajstić information content (AvgIpc) is 3.58. The summed E-state index contributed by atoms with van der Waals surface area (Å²) in [6.07, 6.45) is 5.73. The van der Waals surface area contributed by atoms with Crippen LogP contribution in [0, 0.1) is 5.92 Å². The minimum Gasteiger partial charge on any atom is -0.444 e. The molecule has 5 rings (SSSR count). The molecule has 8 nitrogen and oxygen atoms in total. The molecular weight excluding hydrogens is 530 g/mol. The van der Waals surface area contributed by atoms with Crippen molar-refractivity contribution < 1.29 is 24.0 Å². The van der Waals surface area contributed by atoms with E-state index in [4.69, 9.17) is 21.2 Å². The van der Waals surface area contributed by atoms with Gasteiger partial charge in [-0.2, -0.15) is 0 Å². The molecule has 1 fully saturated rings. The number of amides is 3. The van der Waals surface area contributed by atoms with Gasteiger partial charge < -0.3 is 14.5 Å². The molecule has 0 bridgehead atoms. The normalized spacial score (nSPS) is 24.1. The zero-order chi connectivity index (χ0) is 28.4. The molecule has 1 aliphatic carbocycles. The maximum atomic E-state index is 14.1. The van der Waals surface area contributed by atoms with E-state index in [1.54, 1.807) is 28.0 Å². The zero-order valence-electron chi connectivity index (χ0n) is 22.9. The molecule has 9 heteroatoms. The van der Waals surface area contributed by atoms with Crippen LogP contribution in [0.5, 0.6) is 0 Å². The molecule has 2 aromatic rings. The highest BCUT2D eigenvalue weighted by Crippen LogP contribution is 2.42. The number of nitrogens with one attached hydrogen (secondary N) is 1. The second-order valence-electron chi connectivity index (χ2n) is 11.4. The van der Waals surface area contributed by atoms with Gasteiger partial charge in [0.05, 0.1) is 24.6 Å². The van der Waals surface area contributed by atoms with Crippen LogP contribution >= 0.6 is 11.6 Å². The van der Waals surface area contributed by atoms with Crippen molar-refractivity contribution in [2.24, 2.45) is 5.92 Å². The number of rotatable bonds is 6. The Bertz CT molecular complexity index is 1340. The average molecular weight is 564 g/mol. The molecule has 2 aliphatic heterocycles. The second kappa shape index (κ2) is 11.5. The number of halogens is 1. The van der Waals surface area contributed by atoms with Crippen LogP contribution in [0.3, 0.4) is 0 Å². The maximum absolute atomic E-state index is 14.1. The molecule has 0 aromatic heterocycles. The number of carbonyl (C=O) groups is 3. The predicted molar refractivity (Wildman–Crippen MR) is 151 cm³/mol. The van der Waals surface area contributed by atoms with Crippen LogP contribution in [-0.2, 0) is 21.0 Å². The Morgan fingerprint density at radius 3 is 2.50 bits per heavy atom. The second-order valence-corrected chi connectivity index (χ2v) is 11.8. The van der Waals surface area contributed by atoms with Crippen LogP contribution in [0.2, 0.25) is 0 Å². The van der Waals surface area contributed by atoms with E-state index in [0.717, 1.165) is 5.56 Å². The van der Waals surface area contributed by atoms with Crippen molar-refractivity contribution in [1.82, 2.24) is 15.3 Å². The fourth-order valence-electron chi connectivity index (χ4n) is 5.70. The number of likely N-dealkylation sites (tertiary alicyclic amines) is 1. The standard InChI is InChI=1S/C31H34ClN3O5/c1-31(2,3)40-30(38)34-16-15-23(18-34)35-27(21-13-14-22(32)17-21)26(24-11-7-8-12-25(24)29(35)37)28(36)33-39-19-20-9-5-4-6-10-20/h4-14,17,21,23,26-27H,15-16,18-19H2,1-3H3,(H,33,36)/t21?,23-,26?,27?/m1/s1. The minimum absolute atomic E-state index is 0.171. The number of hydrogen-bond donors (Lipinski definition) is 1. The molecule has 1 N–H and O–H groups in total. The van der Waals surface area contributed by atoms with Gasteiger partial charge in [0.2, 0.25) is 0 Å². The number of fused-ring (bicyclic) bond motifs is 1. The highest BCUT2D eigenvalue weighted by atomic mass is 35.5. The third-order valence-electron chi connectivity index (χ3n) is 7.39. The van der Waals surface area contributed by atoms with Gasteiger partial charge >= 0.3 is 6.09 Å². The van der Waals surface area contributed by atoms with Crippen LogP contribution in [0.4, 0.5) is 4.79 Å². The van der Waals surface area contributed by atoms with Gasteiger partial charge in [0, 0.05) is 29.6 Å². The molecule has 3 unspecified atom stereocenters. The van der Waals surface area contributed by atoms with Crippen LogP contribution in [0.1, 0.15) is 54.6 Å². The number of hydroxylamine groups is 1. The fourth-order valence-corrected chi connectivity index (χ4v) is 5.91. The largest absolute Gasteiger partial charge is 0.444 e. The molecule has 3 aliphatic rings. The van der Waals surface area contributed by atoms with Gasteiger partial charge in [-0.05, 0) is 50.5 Å². The van der Waals surface area contributed by atoms with Crippen LogP contribution in [0.25, 0.3) is 0 Å². The van der Waals surface area contributed by atoms with Crippen molar-refractivity contribution in [3.8, 4) is 0 Å². The quantitative estimate of drug-likeness (QED) is 0.490. The first kappa shape index (κ1) is 27.9. The van der Waals surface area contributed by atoms with Gasteiger partial charge in [-0.1, -0.05) is 72.3 Å². The lowest BCUT2D eigenvalue weighted by atomic mass is 9.76. The van der Waals surface area contributed by atoms with Crippen molar-refractivity contribution >= 4 is 29.5 Å². The molecule has 3 amide bonds. The van der Waals surface area contributed by atoms with E-state index in [1.165, 1.54) is 0 Å².